The summed E-state index contributed by atoms with van der Waals surface area (Å²) in [6.45, 7) is 2.87. The number of carbonyl (C=O) groups excluding carboxylic acids is 2. The molecule has 1 aromatic carbocycles. The predicted octanol–water partition coefficient (Wildman–Crippen LogP) is 3.54. The number of ether oxygens (including phenoxy) is 1. The zero-order valence-corrected chi connectivity index (χ0v) is 17.8. The summed E-state index contributed by atoms with van der Waals surface area (Å²) in [5, 5.41) is 7.29. The van der Waals surface area contributed by atoms with Gasteiger partial charge in [0.1, 0.15) is 0 Å². The molecule has 1 N–H and O–H groups in total. The maximum atomic E-state index is 13.1. The molecule has 182 valence electrons. The molecule has 2 aromatic rings. The number of halogens is 6. The van der Waals surface area contributed by atoms with Gasteiger partial charge in [-0.15, -0.1) is 5.10 Å². The number of rotatable bonds is 4. The van der Waals surface area contributed by atoms with Crippen molar-refractivity contribution in [2.75, 3.05) is 7.05 Å². The first-order valence-electron chi connectivity index (χ1n) is 9.63. The van der Waals surface area contributed by atoms with Crippen molar-refractivity contribution in [3.05, 3.63) is 58.7 Å². The first kappa shape index (κ1) is 24.9. The fraction of sp³-hybridized carbons (Fsp3) is 0.350. The number of carbonyl (C=O) groups is 2. The fourth-order valence-electron chi connectivity index (χ4n) is 3.06. The molecule has 2 atom stereocenters. The van der Waals surface area contributed by atoms with Crippen LogP contribution in [0, 0.1) is 0 Å². The highest BCUT2D eigenvalue weighted by atomic mass is 19.4. The van der Waals surface area contributed by atoms with Gasteiger partial charge in [0.2, 0.25) is 0 Å². The SMILES string of the molecule is CC1OC(c2nccnc2C(C)NC(=O)c2cc(C(F)(F)F)cc(C(F)(F)F)c2)=NN(C)C1=O. The lowest BCUT2D eigenvalue weighted by Crippen LogP contribution is -2.41. The van der Waals surface area contributed by atoms with E-state index in [-0.39, 0.29) is 23.4 Å². The minimum Gasteiger partial charge on any atom is -0.462 e. The molecule has 0 spiro atoms. The number of likely N-dealkylation sites (N-methyl/N-ethyl adjacent to an activating group) is 1. The minimum absolute atomic E-state index is 0.0292. The first-order chi connectivity index (χ1) is 15.7. The highest BCUT2D eigenvalue weighted by Gasteiger charge is 2.38. The van der Waals surface area contributed by atoms with Crippen LogP contribution in [0.5, 0.6) is 0 Å². The van der Waals surface area contributed by atoms with Crippen LogP contribution in [-0.4, -0.2) is 45.8 Å². The van der Waals surface area contributed by atoms with Crippen molar-refractivity contribution >= 4 is 17.7 Å². The largest absolute Gasteiger partial charge is 0.462 e. The number of hydrogen-bond donors (Lipinski definition) is 1. The van der Waals surface area contributed by atoms with E-state index in [0.29, 0.717) is 12.1 Å². The molecule has 0 saturated heterocycles. The maximum absolute atomic E-state index is 13.1. The Labute approximate surface area is 188 Å². The summed E-state index contributed by atoms with van der Waals surface area (Å²) in [6.07, 6.45) is -8.56. The maximum Gasteiger partial charge on any atom is 0.416 e. The van der Waals surface area contributed by atoms with E-state index in [1.165, 1.54) is 33.3 Å². The Bertz CT molecular complexity index is 1120. The average molecular weight is 489 g/mol. The van der Waals surface area contributed by atoms with Crippen LogP contribution in [0.1, 0.15) is 52.8 Å². The van der Waals surface area contributed by atoms with Crippen LogP contribution in [0.25, 0.3) is 0 Å². The monoisotopic (exact) mass is 489 g/mol. The zero-order valence-electron chi connectivity index (χ0n) is 17.8. The van der Waals surface area contributed by atoms with Gasteiger partial charge in [-0.3, -0.25) is 14.6 Å². The van der Waals surface area contributed by atoms with E-state index in [9.17, 15) is 35.9 Å². The third-order valence-electron chi connectivity index (χ3n) is 4.73. The molecule has 1 aliphatic heterocycles. The number of amides is 2. The van der Waals surface area contributed by atoms with Crippen LogP contribution in [0.2, 0.25) is 0 Å². The van der Waals surface area contributed by atoms with Crippen molar-refractivity contribution in [2.45, 2.75) is 38.3 Å². The predicted molar refractivity (Wildman–Crippen MR) is 104 cm³/mol. The van der Waals surface area contributed by atoms with Crippen molar-refractivity contribution in [1.29, 1.82) is 0 Å². The van der Waals surface area contributed by atoms with Gasteiger partial charge in [-0.2, -0.15) is 26.3 Å². The lowest BCUT2D eigenvalue weighted by Gasteiger charge is -2.26. The van der Waals surface area contributed by atoms with Crippen molar-refractivity contribution in [1.82, 2.24) is 20.3 Å². The summed E-state index contributed by atoms with van der Waals surface area (Å²) >= 11 is 0. The van der Waals surface area contributed by atoms with Crippen LogP contribution >= 0.6 is 0 Å². The van der Waals surface area contributed by atoms with Gasteiger partial charge >= 0.3 is 12.4 Å². The molecule has 0 fully saturated rings. The van der Waals surface area contributed by atoms with E-state index < -0.39 is 53.0 Å². The van der Waals surface area contributed by atoms with Crippen LogP contribution < -0.4 is 5.32 Å². The van der Waals surface area contributed by atoms with Gasteiger partial charge in [0.05, 0.1) is 22.9 Å². The number of hydrazone groups is 1. The Hall–Kier alpha value is -3.71. The van der Waals surface area contributed by atoms with Gasteiger partial charge in [0.25, 0.3) is 17.7 Å². The van der Waals surface area contributed by atoms with Crippen molar-refractivity contribution in [3.8, 4) is 0 Å². The topological polar surface area (TPSA) is 96.8 Å². The molecule has 2 heterocycles. The number of aromatic nitrogens is 2. The molecule has 34 heavy (non-hydrogen) atoms. The van der Waals surface area contributed by atoms with Gasteiger partial charge in [-0.25, -0.2) is 9.99 Å². The number of nitrogens with zero attached hydrogens (tertiary/aromatic N) is 4. The van der Waals surface area contributed by atoms with Crippen molar-refractivity contribution in [2.24, 2.45) is 5.10 Å². The lowest BCUT2D eigenvalue weighted by molar-refractivity contribution is -0.143. The van der Waals surface area contributed by atoms with Crippen molar-refractivity contribution < 1.29 is 40.7 Å². The molecule has 0 aliphatic carbocycles. The zero-order chi connectivity index (χ0) is 25.4. The second-order valence-electron chi connectivity index (χ2n) is 7.31. The van der Waals surface area contributed by atoms with Crippen LogP contribution in [0.4, 0.5) is 26.3 Å². The molecule has 2 amide bonds. The van der Waals surface area contributed by atoms with Crippen molar-refractivity contribution in [3.63, 3.8) is 0 Å². The molecule has 0 bridgehead atoms. The van der Waals surface area contributed by atoms with Crippen LogP contribution in [0.15, 0.2) is 35.7 Å². The van der Waals surface area contributed by atoms with E-state index >= 15 is 0 Å². The number of alkyl halides is 6. The van der Waals surface area contributed by atoms with E-state index in [1.807, 2.05) is 0 Å². The second kappa shape index (κ2) is 8.91. The first-order valence-corrected chi connectivity index (χ1v) is 9.63. The molecule has 1 aromatic heterocycles. The normalized spacial score (nSPS) is 17.7. The molecule has 0 saturated carbocycles. The molecule has 14 heteroatoms. The summed E-state index contributed by atoms with van der Waals surface area (Å²) < 4.78 is 84.1. The van der Waals surface area contributed by atoms with Gasteiger partial charge in [0.15, 0.2) is 11.8 Å². The standard InChI is InChI=1S/C20H17F6N5O3/c1-9(14-15(28-5-4-27-14)17-30-31(3)18(33)10(2)34-17)29-16(32)11-6-12(19(21,22)23)8-13(7-11)20(24,25)26/h4-10H,1-3H3,(H,29,32). The van der Waals surface area contributed by atoms with Gasteiger partial charge in [-0.05, 0) is 32.0 Å². The van der Waals surface area contributed by atoms with Crippen LogP contribution in [0.3, 0.4) is 0 Å². The Morgan fingerprint density at radius 3 is 2.15 bits per heavy atom. The summed E-state index contributed by atoms with van der Waals surface area (Å²) in [6, 6.07) is -0.459. The third kappa shape index (κ3) is 5.26. The third-order valence-corrected chi connectivity index (χ3v) is 4.73. The Kier molecular flexibility index (Phi) is 6.53. The summed E-state index contributed by atoms with van der Waals surface area (Å²) in [7, 11) is 1.38. The lowest BCUT2D eigenvalue weighted by atomic mass is 10.0. The van der Waals surface area contributed by atoms with E-state index in [4.69, 9.17) is 4.74 Å². The minimum atomic E-state index is -5.10. The Balaban J connectivity index is 1.93. The van der Waals surface area contributed by atoms with E-state index in [2.05, 4.69) is 20.4 Å². The second-order valence-corrected chi connectivity index (χ2v) is 7.31. The molecule has 1 aliphatic rings. The van der Waals surface area contributed by atoms with Crippen LogP contribution in [-0.2, 0) is 21.9 Å². The average Bonchev–Trinajstić information content (AvgIpc) is 2.75. The molecule has 3 rings (SSSR count). The molecule has 8 nitrogen and oxygen atoms in total. The molecule has 0 radical (unpaired) electrons. The quantitative estimate of drug-likeness (QED) is 0.663. The Morgan fingerprint density at radius 1 is 1.06 bits per heavy atom. The smallest absolute Gasteiger partial charge is 0.416 e. The number of hydrogen-bond acceptors (Lipinski definition) is 6. The molecular formula is C20H17F6N5O3. The summed E-state index contributed by atoms with van der Waals surface area (Å²) in [5.41, 5.74) is -3.99. The van der Waals surface area contributed by atoms with E-state index in [0.717, 1.165) is 5.01 Å². The Morgan fingerprint density at radius 2 is 1.62 bits per heavy atom. The number of nitrogens with one attached hydrogen (secondary N) is 1. The summed E-state index contributed by atoms with van der Waals surface area (Å²) in [4.78, 5) is 32.6. The fourth-order valence-corrected chi connectivity index (χ4v) is 3.06. The number of benzene rings is 1. The van der Waals surface area contributed by atoms with Gasteiger partial charge in [-0.1, -0.05) is 0 Å². The molecule has 2 unspecified atom stereocenters. The highest BCUT2D eigenvalue weighted by molar-refractivity contribution is 5.99. The van der Waals surface area contributed by atoms with Gasteiger partial charge < -0.3 is 10.1 Å². The van der Waals surface area contributed by atoms with E-state index in [1.54, 1.807) is 0 Å². The highest BCUT2D eigenvalue weighted by Crippen LogP contribution is 2.36. The van der Waals surface area contributed by atoms with Gasteiger partial charge in [0, 0.05) is 25.0 Å². The molecular weight excluding hydrogens is 472 g/mol. The summed E-state index contributed by atoms with van der Waals surface area (Å²) in [5.74, 6) is -1.73.